The normalized spacial score (nSPS) is 37.7. The Morgan fingerprint density at radius 2 is 2.37 bits per heavy atom. The molecule has 3 fully saturated rings. The zero-order valence-corrected chi connectivity index (χ0v) is 11.4. The van der Waals surface area contributed by atoms with Crippen molar-refractivity contribution in [2.75, 3.05) is 13.6 Å². The fraction of sp³-hybridized carbons (Fsp3) is 0.733. The quantitative estimate of drug-likeness (QED) is 0.417. The molecular formula is C15H21NO3. The Morgan fingerprint density at radius 3 is 3.05 bits per heavy atom. The van der Waals surface area contributed by atoms with Crippen LogP contribution in [0.1, 0.15) is 32.1 Å². The van der Waals surface area contributed by atoms with Gasteiger partial charge in [-0.15, -0.1) is 6.58 Å². The second-order valence-corrected chi connectivity index (χ2v) is 6.14. The standard InChI is InChI=1S/C15H21NO3/c1-3-4-5-6-7-16(2)13(17)11-8-10-9-15(10)12(11)14(18)19-15/h3,10-12H,1,4-9H2,2H3. The van der Waals surface area contributed by atoms with Gasteiger partial charge in [0, 0.05) is 19.5 Å². The van der Waals surface area contributed by atoms with E-state index >= 15 is 0 Å². The van der Waals surface area contributed by atoms with Crippen molar-refractivity contribution < 1.29 is 14.3 Å². The van der Waals surface area contributed by atoms with Crippen molar-refractivity contribution in [2.24, 2.45) is 17.8 Å². The number of hydrogen-bond donors (Lipinski definition) is 0. The topological polar surface area (TPSA) is 46.6 Å². The van der Waals surface area contributed by atoms with E-state index in [1.165, 1.54) is 0 Å². The molecule has 0 bridgehead atoms. The fourth-order valence-electron chi connectivity index (χ4n) is 3.79. The summed E-state index contributed by atoms with van der Waals surface area (Å²) in [6.07, 6.45) is 6.77. The maximum Gasteiger partial charge on any atom is 0.314 e. The maximum atomic E-state index is 12.4. The molecule has 1 amide bonds. The second kappa shape index (κ2) is 4.36. The third kappa shape index (κ3) is 1.80. The lowest BCUT2D eigenvalue weighted by Crippen LogP contribution is -2.52. The van der Waals surface area contributed by atoms with Crippen molar-refractivity contribution in [3.8, 4) is 0 Å². The van der Waals surface area contributed by atoms with E-state index in [4.69, 9.17) is 4.74 Å². The van der Waals surface area contributed by atoms with E-state index in [0.717, 1.165) is 38.6 Å². The fourth-order valence-corrected chi connectivity index (χ4v) is 3.79. The van der Waals surface area contributed by atoms with Gasteiger partial charge in [-0.2, -0.15) is 0 Å². The average molecular weight is 263 g/mol. The minimum absolute atomic E-state index is 0.121. The van der Waals surface area contributed by atoms with Crippen LogP contribution < -0.4 is 0 Å². The number of rotatable bonds is 6. The Balaban J connectivity index is 1.53. The molecule has 0 aromatic rings. The molecule has 4 heteroatoms. The average Bonchev–Trinajstić information content (AvgIpc) is 3.02. The molecular weight excluding hydrogens is 242 g/mol. The van der Waals surface area contributed by atoms with Crippen molar-refractivity contribution >= 4 is 11.9 Å². The highest BCUT2D eigenvalue weighted by Gasteiger charge is 2.79. The van der Waals surface area contributed by atoms with Gasteiger partial charge in [0.1, 0.15) is 11.5 Å². The molecule has 2 saturated carbocycles. The molecule has 1 spiro atoms. The van der Waals surface area contributed by atoms with Crippen LogP contribution in [0, 0.1) is 17.8 Å². The second-order valence-electron chi connectivity index (χ2n) is 6.14. The zero-order chi connectivity index (χ0) is 13.6. The van der Waals surface area contributed by atoms with Crippen molar-refractivity contribution in [2.45, 2.75) is 37.7 Å². The van der Waals surface area contributed by atoms with Crippen LogP contribution in [-0.4, -0.2) is 36.0 Å². The van der Waals surface area contributed by atoms with E-state index in [9.17, 15) is 9.59 Å². The molecule has 1 aliphatic heterocycles. The molecule has 0 radical (unpaired) electrons. The van der Waals surface area contributed by atoms with E-state index in [1.807, 2.05) is 13.1 Å². The Hall–Kier alpha value is -1.32. The Bertz CT molecular complexity index is 433. The Labute approximate surface area is 113 Å². The van der Waals surface area contributed by atoms with Crippen LogP contribution in [0.2, 0.25) is 0 Å². The first-order valence-electron chi connectivity index (χ1n) is 7.19. The molecule has 4 unspecified atom stereocenters. The lowest BCUT2D eigenvalue weighted by molar-refractivity contribution is -0.194. The molecule has 3 rings (SSSR count). The van der Waals surface area contributed by atoms with Gasteiger partial charge in [0.25, 0.3) is 0 Å². The van der Waals surface area contributed by atoms with Crippen LogP contribution in [0.15, 0.2) is 12.7 Å². The summed E-state index contributed by atoms with van der Waals surface area (Å²) in [5.74, 6) is 0.175. The number of hydrogen-bond acceptors (Lipinski definition) is 3. The van der Waals surface area contributed by atoms with Crippen LogP contribution in [0.5, 0.6) is 0 Å². The van der Waals surface area contributed by atoms with Crippen LogP contribution in [-0.2, 0) is 14.3 Å². The maximum absolute atomic E-state index is 12.4. The predicted molar refractivity (Wildman–Crippen MR) is 70.2 cm³/mol. The molecule has 4 nitrogen and oxygen atoms in total. The first kappa shape index (κ1) is 12.7. The van der Waals surface area contributed by atoms with Crippen molar-refractivity contribution in [1.29, 1.82) is 0 Å². The molecule has 104 valence electrons. The summed E-state index contributed by atoms with van der Waals surface area (Å²) >= 11 is 0. The smallest absolute Gasteiger partial charge is 0.314 e. The largest absolute Gasteiger partial charge is 0.457 e. The van der Waals surface area contributed by atoms with Gasteiger partial charge in [-0.25, -0.2) is 0 Å². The number of unbranched alkanes of at least 4 members (excludes halogenated alkanes) is 2. The summed E-state index contributed by atoms with van der Waals surface area (Å²) in [5, 5.41) is 0. The third-order valence-corrected chi connectivity index (χ3v) is 4.95. The number of amides is 1. The number of carbonyl (C=O) groups is 2. The molecule has 1 saturated heterocycles. The molecule has 0 aromatic heterocycles. The summed E-state index contributed by atoms with van der Waals surface area (Å²) in [6.45, 7) is 4.46. The monoisotopic (exact) mass is 263 g/mol. The minimum atomic E-state index is -0.207. The van der Waals surface area contributed by atoms with E-state index in [0.29, 0.717) is 5.92 Å². The highest BCUT2D eigenvalue weighted by atomic mass is 16.6. The molecule has 0 N–H and O–H groups in total. The summed E-state index contributed by atoms with van der Waals surface area (Å²) in [4.78, 5) is 25.8. The van der Waals surface area contributed by atoms with Crippen molar-refractivity contribution in [3.63, 3.8) is 0 Å². The molecule has 2 aliphatic carbocycles. The third-order valence-electron chi connectivity index (χ3n) is 4.95. The van der Waals surface area contributed by atoms with Crippen LogP contribution in [0.3, 0.4) is 0 Å². The van der Waals surface area contributed by atoms with Crippen molar-refractivity contribution in [1.82, 2.24) is 4.90 Å². The van der Waals surface area contributed by atoms with Gasteiger partial charge in [-0.1, -0.05) is 6.08 Å². The van der Waals surface area contributed by atoms with E-state index in [-0.39, 0.29) is 29.3 Å². The summed E-state index contributed by atoms with van der Waals surface area (Å²) in [7, 11) is 1.84. The Morgan fingerprint density at radius 1 is 1.58 bits per heavy atom. The predicted octanol–water partition coefficient (Wildman–Crippen LogP) is 1.75. The van der Waals surface area contributed by atoms with Gasteiger partial charge in [-0.05, 0) is 32.1 Å². The number of esters is 1. The van der Waals surface area contributed by atoms with Gasteiger partial charge in [-0.3, -0.25) is 9.59 Å². The van der Waals surface area contributed by atoms with E-state index in [2.05, 4.69) is 6.58 Å². The molecule has 0 aromatic carbocycles. The highest BCUT2D eigenvalue weighted by molar-refractivity contribution is 5.92. The Kier molecular flexibility index (Phi) is 2.91. The molecule has 1 heterocycles. The summed E-state index contributed by atoms with van der Waals surface area (Å²) in [5.41, 5.74) is -0.207. The van der Waals surface area contributed by atoms with Gasteiger partial charge in [0.15, 0.2) is 0 Å². The van der Waals surface area contributed by atoms with Crippen LogP contribution in [0.4, 0.5) is 0 Å². The first-order valence-corrected chi connectivity index (χ1v) is 7.19. The molecule has 3 aliphatic rings. The van der Waals surface area contributed by atoms with Crippen LogP contribution in [0.25, 0.3) is 0 Å². The van der Waals surface area contributed by atoms with Crippen molar-refractivity contribution in [3.05, 3.63) is 12.7 Å². The summed E-state index contributed by atoms with van der Waals surface area (Å²) < 4.78 is 5.28. The SMILES string of the molecule is C=CCCCCN(C)C(=O)C1CC2CC23OC(=O)C13. The highest BCUT2D eigenvalue weighted by Crippen LogP contribution is 2.69. The van der Waals surface area contributed by atoms with Gasteiger partial charge >= 0.3 is 5.97 Å². The van der Waals surface area contributed by atoms with Gasteiger partial charge in [0.2, 0.25) is 5.91 Å². The zero-order valence-electron chi connectivity index (χ0n) is 11.4. The number of carbonyl (C=O) groups excluding carboxylic acids is 2. The molecule has 4 atom stereocenters. The number of allylic oxidation sites excluding steroid dienone is 1. The minimum Gasteiger partial charge on any atom is -0.457 e. The lowest BCUT2D eigenvalue weighted by atomic mass is 9.84. The first-order chi connectivity index (χ1) is 9.10. The lowest BCUT2D eigenvalue weighted by Gasteiger charge is -2.37. The van der Waals surface area contributed by atoms with Gasteiger partial charge in [0.05, 0.1) is 5.92 Å². The summed E-state index contributed by atoms with van der Waals surface area (Å²) in [6, 6.07) is 0. The number of nitrogens with zero attached hydrogens (tertiary/aromatic N) is 1. The van der Waals surface area contributed by atoms with E-state index < -0.39 is 0 Å². The van der Waals surface area contributed by atoms with Gasteiger partial charge < -0.3 is 9.64 Å². The molecule has 19 heavy (non-hydrogen) atoms. The number of ether oxygens (including phenoxy) is 1. The van der Waals surface area contributed by atoms with Crippen LogP contribution >= 0.6 is 0 Å². The van der Waals surface area contributed by atoms with E-state index in [1.54, 1.807) is 4.90 Å².